The second-order valence-electron chi connectivity index (χ2n) is 5.58. The van der Waals surface area contributed by atoms with E-state index in [0.717, 1.165) is 0 Å². The van der Waals surface area contributed by atoms with Gasteiger partial charge in [-0.1, -0.05) is 6.92 Å². The lowest BCUT2D eigenvalue weighted by Crippen LogP contribution is -2.62. The average molecular weight is 322 g/mol. The van der Waals surface area contributed by atoms with Gasteiger partial charge in [0, 0.05) is 26.2 Å². The van der Waals surface area contributed by atoms with E-state index < -0.39 is 6.03 Å². The molecule has 0 saturated carbocycles. The van der Waals surface area contributed by atoms with E-state index in [1.165, 1.54) is 6.33 Å². The van der Waals surface area contributed by atoms with Crippen LogP contribution in [0.15, 0.2) is 6.33 Å². The molecule has 1 aromatic heterocycles. The van der Waals surface area contributed by atoms with Crippen molar-refractivity contribution in [2.45, 2.75) is 25.9 Å². The first kappa shape index (κ1) is 15.6. The zero-order chi connectivity index (χ0) is 16.4. The van der Waals surface area contributed by atoms with Crippen molar-refractivity contribution in [3.8, 4) is 0 Å². The van der Waals surface area contributed by atoms with E-state index in [4.69, 9.17) is 0 Å². The molecule has 1 aromatic rings. The number of anilines is 1. The quantitative estimate of drug-likeness (QED) is 0.805. The Kier molecular flexibility index (Phi) is 4.37. The van der Waals surface area contributed by atoms with Crippen molar-refractivity contribution < 1.29 is 14.0 Å². The molecule has 0 radical (unpaired) electrons. The van der Waals surface area contributed by atoms with Crippen LogP contribution in [0.2, 0.25) is 0 Å². The molecule has 2 saturated heterocycles. The standard InChI is InChI=1S/C14H19FN6O2/c1-2-9-12(15)13(17-8-16-9)21-5-3-20(4-6-21)10-7-11(22)19-14(23)18-10/h8,10H,2-7H2,1H3,(H2,18,19,22,23). The molecule has 3 amide bonds. The van der Waals surface area contributed by atoms with Crippen LogP contribution in [0, 0.1) is 5.82 Å². The van der Waals surface area contributed by atoms with Crippen LogP contribution in [0.3, 0.4) is 0 Å². The van der Waals surface area contributed by atoms with Gasteiger partial charge in [-0.15, -0.1) is 0 Å². The number of hydrogen-bond acceptors (Lipinski definition) is 6. The molecule has 0 spiro atoms. The van der Waals surface area contributed by atoms with Gasteiger partial charge in [0.05, 0.1) is 18.3 Å². The first-order chi connectivity index (χ1) is 11.1. The predicted octanol–water partition coefficient (Wildman–Crippen LogP) is -0.144. The molecular weight excluding hydrogens is 303 g/mol. The van der Waals surface area contributed by atoms with Gasteiger partial charge >= 0.3 is 6.03 Å². The Morgan fingerprint density at radius 3 is 2.65 bits per heavy atom. The number of carbonyl (C=O) groups excluding carboxylic acids is 2. The van der Waals surface area contributed by atoms with Crippen molar-refractivity contribution in [1.29, 1.82) is 0 Å². The predicted molar refractivity (Wildman–Crippen MR) is 80.2 cm³/mol. The Balaban J connectivity index is 1.65. The molecule has 1 atom stereocenters. The van der Waals surface area contributed by atoms with Crippen molar-refractivity contribution in [2.24, 2.45) is 0 Å². The number of hydrogen-bond donors (Lipinski definition) is 2. The largest absolute Gasteiger partial charge is 0.352 e. The zero-order valence-corrected chi connectivity index (χ0v) is 12.9. The molecule has 0 bridgehead atoms. The van der Waals surface area contributed by atoms with Crippen molar-refractivity contribution >= 4 is 17.8 Å². The van der Waals surface area contributed by atoms with Gasteiger partial charge in [-0.05, 0) is 6.42 Å². The van der Waals surface area contributed by atoms with E-state index in [1.54, 1.807) is 0 Å². The number of rotatable bonds is 3. The van der Waals surface area contributed by atoms with Crippen LogP contribution in [0.1, 0.15) is 19.0 Å². The van der Waals surface area contributed by atoms with Crippen molar-refractivity contribution in [3.05, 3.63) is 17.8 Å². The molecule has 1 unspecified atom stereocenters. The van der Waals surface area contributed by atoms with Crippen LogP contribution in [0.4, 0.5) is 15.0 Å². The monoisotopic (exact) mass is 322 g/mol. The number of urea groups is 1. The molecule has 9 heteroatoms. The van der Waals surface area contributed by atoms with E-state index in [0.29, 0.717) is 44.1 Å². The first-order valence-electron chi connectivity index (χ1n) is 7.67. The maximum atomic E-state index is 14.3. The Morgan fingerprint density at radius 2 is 2.00 bits per heavy atom. The molecule has 0 aromatic carbocycles. The molecule has 124 valence electrons. The van der Waals surface area contributed by atoms with Gasteiger partial charge in [-0.2, -0.15) is 0 Å². The number of halogens is 1. The highest BCUT2D eigenvalue weighted by atomic mass is 19.1. The lowest BCUT2D eigenvalue weighted by Gasteiger charge is -2.40. The number of nitrogens with zero attached hydrogens (tertiary/aromatic N) is 4. The molecule has 23 heavy (non-hydrogen) atoms. The number of aromatic nitrogens is 2. The lowest BCUT2D eigenvalue weighted by atomic mass is 10.2. The van der Waals surface area contributed by atoms with Crippen LogP contribution in [-0.2, 0) is 11.2 Å². The summed E-state index contributed by atoms with van der Waals surface area (Å²) in [5.74, 6) is -0.327. The van der Waals surface area contributed by atoms with Crippen molar-refractivity contribution in [3.63, 3.8) is 0 Å². The van der Waals surface area contributed by atoms with E-state index in [9.17, 15) is 14.0 Å². The van der Waals surface area contributed by atoms with Crippen molar-refractivity contribution in [1.82, 2.24) is 25.5 Å². The summed E-state index contributed by atoms with van der Waals surface area (Å²) in [6.07, 6.45) is 1.83. The smallest absolute Gasteiger partial charge is 0.322 e. The average Bonchev–Trinajstić information content (AvgIpc) is 2.54. The fraction of sp³-hybridized carbons (Fsp3) is 0.571. The van der Waals surface area contributed by atoms with Crippen LogP contribution in [-0.4, -0.2) is 59.2 Å². The SMILES string of the molecule is CCc1ncnc(N2CCN(C3CC(=O)NC(=O)N3)CC2)c1F. The normalized spacial score (nSPS) is 22.7. The van der Waals surface area contributed by atoms with Gasteiger partial charge in [0.2, 0.25) is 5.91 Å². The number of amides is 3. The topological polar surface area (TPSA) is 90.5 Å². The summed E-state index contributed by atoms with van der Waals surface area (Å²) in [5, 5.41) is 4.95. The summed E-state index contributed by atoms with van der Waals surface area (Å²) in [4.78, 5) is 34.7. The Bertz CT molecular complexity index is 601. The maximum absolute atomic E-state index is 14.3. The van der Waals surface area contributed by atoms with E-state index in [1.807, 2.05) is 16.7 Å². The fourth-order valence-electron chi connectivity index (χ4n) is 2.92. The highest BCUT2D eigenvalue weighted by Gasteiger charge is 2.31. The number of nitrogens with one attached hydrogen (secondary N) is 2. The Morgan fingerprint density at radius 1 is 1.26 bits per heavy atom. The molecule has 3 rings (SSSR count). The molecule has 2 aliphatic heterocycles. The van der Waals surface area contributed by atoms with Crippen LogP contribution in [0.5, 0.6) is 0 Å². The van der Waals surface area contributed by atoms with Gasteiger partial charge in [0.1, 0.15) is 6.33 Å². The van der Waals surface area contributed by atoms with Gasteiger partial charge < -0.3 is 10.2 Å². The summed E-state index contributed by atoms with van der Waals surface area (Å²) >= 11 is 0. The molecule has 2 aliphatic rings. The third-order valence-electron chi connectivity index (χ3n) is 4.16. The van der Waals surface area contributed by atoms with Gasteiger partial charge in [0.25, 0.3) is 0 Å². The van der Waals surface area contributed by atoms with Crippen LogP contribution in [0.25, 0.3) is 0 Å². The first-order valence-corrected chi connectivity index (χ1v) is 7.67. The van der Waals surface area contributed by atoms with E-state index >= 15 is 0 Å². The van der Waals surface area contributed by atoms with Crippen LogP contribution >= 0.6 is 0 Å². The molecular formula is C14H19FN6O2. The summed E-state index contributed by atoms with van der Waals surface area (Å²) in [6, 6.07) is -0.469. The minimum atomic E-state index is -0.469. The van der Waals surface area contributed by atoms with Gasteiger partial charge in [0.15, 0.2) is 11.6 Å². The molecule has 8 nitrogen and oxygen atoms in total. The Labute approximate surface area is 133 Å². The van der Waals surface area contributed by atoms with Gasteiger partial charge in [-0.3, -0.25) is 15.0 Å². The highest BCUT2D eigenvalue weighted by Crippen LogP contribution is 2.20. The number of imide groups is 1. The number of aryl methyl sites for hydroxylation is 1. The second-order valence-corrected chi connectivity index (χ2v) is 5.58. The van der Waals surface area contributed by atoms with E-state index in [2.05, 4.69) is 20.6 Å². The summed E-state index contributed by atoms with van der Waals surface area (Å²) in [5.41, 5.74) is 0.411. The molecule has 2 fully saturated rings. The van der Waals surface area contributed by atoms with Crippen molar-refractivity contribution in [2.75, 3.05) is 31.1 Å². The Hall–Kier alpha value is -2.29. The summed E-state index contributed by atoms with van der Waals surface area (Å²) in [6.45, 7) is 4.23. The zero-order valence-electron chi connectivity index (χ0n) is 12.9. The molecule has 2 N–H and O–H groups in total. The minimum absolute atomic E-state index is 0.230. The second kappa shape index (κ2) is 6.45. The van der Waals surface area contributed by atoms with Crippen LogP contribution < -0.4 is 15.5 Å². The minimum Gasteiger partial charge on any atom is -0.352 e. The summed E-state index contributed by atoms with van der Waals surface area (Å²) < 4.78 is 14.3. The summed E-state index contributed by atoms with van der Waals surface area (Å²) in [7, 11) is 0. The molecule has 0 aliphatic carbocycles. The molecule has 3 heterocycles. The lowest BCUT2D eigenvalue weighted by molar-refractivity contribution is -0.122. The van der Waals surface area contributed by atoms with E-state index in [-0.39, 0.29) is 24.3 Å². The number of carbonyl (C=O) groups is 2. The van der Waals surface area contributed by atoms with Gasteiger partial charge in [-0.25, -0.2) is 19.2 Å². The number of piperazine rings is 1. The maximum Gasteiger partial charge on any atom is 0.322 e. The fourth-order valence-corrected chi connectivity index (χ4v) is 2.92. The third kappa shape index (κ3) is 3.24. The third-order valence-corrected chi connectivity index (χ3v) is 4.16. The highest BCUT2D eigenvalue weighted by molar-refractivity contribution is 5.97.